The molecule has 6 nitrogen and oxygen atoms in total. The first-order chi connectivity index (χ1) is 10.1. The molecule has 0 aromatic heterocycles. The zero-order valence-corrected chi connectivity index (χ0v) is 12.8. The molecule has 0 spiro atoms. The largest absolute Gasteiger partial charge is 0.397 e. The van der Waals surface area contributed by atoms with Crippen LogP contribution in [0.25, 0.3) is 0 Å². The molecule has 1 amide bonds. The van der Waals surface area contributed by atoms with Crippen LogP contribution in [0.15, 0.2) is 18.2 Å². The van der Waals surface area contributed by atoms with Gasteiger partial charge in [-0.15, -0.1) is 0 Å². The molecule has 1 rings (SSSR count). The zero-order chi connectivity index (χ0) is 15.5. The Bertz CT molecular complexity index is 443. The van der Waals surface area contributed by atoms with Gasteiger partial charge in [-0.25, -0.2) is 0 Å². The number of ether oxygens (including phenoxy) is 3. The molecule has 0 saturated carbocycles. The number of nitrogens with one attached hydrogen (secondary N) is 1. The lowest BCUT2D eigenvalue weighted by Crippen LogP contribution is -2.19. The summed E-state index contributed by atoms with van der Waals surface area (Å²) < 4.78 is 15.4. The Hall–Kier alpha value is -1.34. The van der Waals surface area contributed by atoms with E-state index < -0.39 is 0 Å². The monoisotopic (exact) mass is 316 g/mol. The van der Waals surface area contributed by atoms with Crippen molar-refractivity contribution in [2.75, 3.05) is 51.2 Å². The average molecular weight is 317 g/mol. The second kappa shape index (κ2) is 10.4. The highest BCUT2D eigenvalue weighted by Crippen LogP contribution is 2.22. The minimum atomic E-state index is -0.260. The fourth-order valence-electron chi connectivity index (χ4n) is 1.51. The molecule has 1 aromatic carbocycles. The van der Waals surface area contributed by atoms with Crippen LogP contribution in [-0.4, -0.2) is 46.1 Å². The maximum Gasteiger partial charge on any atom is 0.250 e. The van der Waals surface area contributed by atoms with Crippen LogP contribution in [0, 0.1) is 0 Å². The second-order valence-corrected chi connectivity index (χ2v) is 4.73. The number of rotatable bonds is 10. The molecule has 0 radical (unpaired) electrons. The van der Waals surface area contributed by atoms with E-state index in [9.17, 15) is 4.79 Å². The van der Waals surface area contributed by atoms with Crippen LogP contribution in [0.2, 0.25) is 5.02 Å². The third kappa shape index (κ3) is 7.87. The van der Waals surface area contributed by atoms with Crippen molar-refractivity contribution in [2.24, 2.45) is 0 Å². The zero-order valence-electron chi connectivity index (χ0n) is 12.1. The molecular weight excluding hydrogens is 296 g/mol. The summed E-state index contributed by atoms with van der Waals surface area (Å²) >= 11 is 5.78. The number of carbonyl (C=O) groups is 1. The second-order valence-electron chi connectivity index (χ2n) is 4.29. The van der Waals surface area contributed by atoms with Gasteiger partial charge in [-0.05, 0) is 24.6 Å². The van der Waals surface area contributed by atoms with Gasteiger partial charge in [0, 0.05) is 25.3 Å². The molecular formula is C14H21ClN2O4. The summed E-state index contributed by atoms with van der Waals surface area (Å²) in [5.74, 6) is -0.260. The highest BCUT2D eigenvalue weighted by atomic mass is 35.5. The van der Waals surface area contributed by atoms with Crippen molar-refractivity contribution in [3.05, 3.63) is 23.2 Å². The number of hydrogen-bond acceptors (Lipinski definition) is 5. The van der Waals surface area contributed by atoms with Gasteiger partial charge in [-0.2, -0.15) is 0 Å². The number of anilines is 2. The van der Waals surface area contributed by atoms with E-state index in [1.54, 1.807) is 25.3 Å². The fourth-order valence-corrected chi connectivity index (χ4v) is 1.69. The number of nitrogen functional groups attached to an aromatic ring is 1. The van der Waals surface area contributed by atoms with E-state index in [1.807, 2.05) is 0 Å². The maximum absolute atomic E-state index is 11.7. The Kier molecular flexibility index (Phi) is 8.77. The quantitative estimate of drug-likeness (QED) is 0.509. The number of methoxy groups -OCH3 is 1. The van der Waals surface area contributed by atoms with Crippen LogP contribution in [0.5, 0.6) is 0 Å². The smallest absolute Gasteiger partial charge is 0.250 e. The third-order valence-electron chi connectivity index (χ3n) is 2.53. The molecule has 118 valence electrons. The first-order valence-corrected chi connectivity index (χ1v) is 7.00. The highest BCUT2D eigenvalue weighted by Gasteiger charge is 2.05. The van der Waals surface area contributed by atoms with Crippen molar-refractivity contribution in [2.45, 2.75) is 6.42 Å². The Balaban J connectivity index is 2.11. The molecule has 21 heavy (non-hydrogen) atoms. The molecule has 3 N–H and O–H groups in total. The summed E-state index contributed by atoms with van der Waals surface area (Å²) in [6, 6.07) is 4.89. The van der Waals surface area contributed by atoms with Crippen molar-refractivity contribution in [1.29, 1.82) is 0 Å². The number of halogens is 1. The van der Waals surface area contributed by atoms with E-state index in [0.717, 1.165) is 6.42 Å². The van der Waals surface area contributed by atoms with Gasteiger partial charge in [0.05, 0.1) is 24.6 Å². The SMILES string of the molecule is COCCOCCCOCC(=O)Nc1ccc(Cl)cc1N. The third-order valence-corrected chi connectivity index (χ3v) is 2.77. The average Bonchev–Trinajstić information content (AvgIpc) is 2.45. The number of nitrogens with two attached hydrogens (primary N) is 1. The van der Waals surface area contributed by atoms with E-state index in [4.69, 9.17) is 31.5 Å². The van der Waals surface area contributed by atoms with E-state index >= 15 is 0 Å². The summed E-state index contributed by atoms with van der Waals surface area (Å²) in [7, 11) is 1.62. The molecule has 0 heterocycles. The van der Waals surface area contributed by atoms with Crippen molar-refractivity contribution in [3.8, 4) is 0 Å². The Morgan fingerprint density at radius 1 is 1.24 bits per heavy atom. The molecule has 0 fully saturated rings. The Morgan fingerprint density at radius 3 is 2.71 bits per heavy atom. The number of hydrogen-bond donors (Lipinski definition) is 2. The first kappa shape index (κ1) is 17.7. The van der Waals surface area contributed by atoms with Crippen LogP contribution >= 0.6 is 11.6 Å². The number of carbonyl (C=O) groups excluding carboxylic acids is 1. The van der Waals surface area contributed by atoms with Gasteiger partial charge in [0.1, 0.15) is 6.61 Å². The van der Waals surface area contributed by atoms with Crippen LogP contribution in [0.1, 0.15) is 6.42 Å². The minimum absolute atomic E-state index is 0.0276. The van der Waals surface area contributed by atoms with Crippen LogP contribution in [0.3, 0.4) is 0 Å². The van der Waals surface area contributed by atoms with Gasteiger partial charge in [0.15, 0.2) is 0 Å². The van der Waals surface area contributed by atoms with Crippen molar-refractivity contribution < 1.29 is 19.0 Å². The predicted molar refractivity (Wildman–Crippen MR) is 82.6 cm³/mol. The maximum atomic E-state index is 11.7. The van der Waals surface area contributed by atoms with Gasteiger partial charge in [0.2, 0.25) is 5.91 Å². The fraction of sp³-hybridized carbons (Fsp3) is 0.500. The normalized spacial score (nSPS) is 10.6. The van der Waals surface area contributed by atoms with Gasteiger partial charge in [-0.3, -0.25) is 4.79 Å². The van der Waals surface area contributed by atoms with Gasteiger partial charge >= 0.3 is 0 Å². The van der Waals surface area contributed by atoms with Crippen molar-refractivity contribution >= 4 is 28.9 Å². The van der Waals surface area contributed by atoms with Gasteiger partial charge < -0.3 is 25.3 Å². The van der Waals surface area contributed by atoms with Crippen LogP contribution < -0.4 is 11.1 Å². The molecule has 0 aliphatic carbocycles. The number of amides is 1. The molecule has 0 aliphatic rings. The van der Waals surface area contributed by atoms with E-state index in [1.165, 1.54) is 0 Å². The Labute approximate surface area is 129 Å². The summed E-state index contributed by atoms with van der Waals surface area (Å²) in [6.45, 7) is 2.14. The molecule has 1 aromatic rings. The van der Waals surface area contributed by atoms with E-state index in [2.05, 4.69) is 5.32 Å². The van der Waals surface area contributed by atoms with Crippen LogP contribution in [0.4, 0.5) is 11.4 Å². The van der Waals surface area contributed by atoms with Gasteiger partial charge in [0.25, 0.3) is 0 Å². The summed E-state index contributed by atoms with van der Waals surface area (Å²) in [4.78, 5) is 11.7. The molecule has 0 unspecified atom stereocenters. The highest BCUT2D eigenvalue weighted by molar-refractivity contribution is 6.31. The molecule has 0 atom stereocenters. The molecule has 7 heteroatoms. The minimum Gasteiger partial charge on any atom is -0.397 e. The summed E-state index contributed by atoms with van der Waals surface area (Å²) in [6.07, 6.45) is 0.722. The number of benzene rings is 1. The first-order valence-electron chi connectivity index (χ1n) is 6.62. The lowest BCUT2D eigenvalue weighted by Gasteiger charge is -2.09. The Morgan fingerprint density at radius 2 is 2.00 bits per heavy atom. The lowest BCUT2D eigenvalue weighted by molar-refractivity contribution is -0.120. The lowest BCUT2D eigenvalue weighted by atomic mass is 10.2. The molecule has 0 saturated heterocycles. The van der Waals surface area contributed by atoms with Crippen molar-refractivity contribution in [3.63, 3.8) is 0 Å². The summed E-state index contributed by atoms with van der Waals surface area (Å²) in [5.41, 5.74) is 6.68. The van der Waals surface area contributed by atoms with Gasteiger partial charge in [-0.1, -0.05) is 11.6 Å². The van der Waals surface area contributed by atoms with Crippen molar-refractivity contribution in [1.82, 2.24) is 0 Å². The topological polar surface area (TPSA) is 82.8 Å². The molecule has 0 bridgehead atoms. The predicted octanol–water partition coefficient (Wildman–Crippen LogP) is 1.93. The summed E-state index contributed by atoms with van der Waals surface area (Å²) in [5, 5.41) is 3.18. The van der Waals surface area contributed by atoms with Crippen LogP contribution in [-0.2, 0) is 19.0 Å². The standard InChI is InChI=1S/C14H21ClN2O4/c1-19-7-8-20-5-2-6-21-10-14(18)17-13-4-3-11(15)9-12(13)16/h3-4,9H,2,5-8,10,16H2,1H3,(H,17,18). The van der Waals surface area contributed by atoms with E-state index in [-0.39, 0.29) is 12.5 Å². The molecule has 0 aliphatic heterocycles. The van der Waals surface area contributed by atoms with E-state index in [0.29, 0.717) is 42.8 Å².